The van der Waals surface area contributed by atoms with E-state index in [0.717, 1.165) is 42.4 Å². The number of thiophene rings is 1. The Hall–Kier alpha value is -1.66. The lowest BCUT2D eigenvalue weighted by Gasteiger charge is -2.16. The van der Waals surface area contributed by atoms with Crippen LogP contribution in [0.25, 0.3) is 0 Å². The fraction of sp³-hybridized carbons (Fsp3) is 0.467. The molecule has 6 heteroatoms. The van der Waals surface area contributed by atoms with Gasteiger partial charge in [0.2, 0.25) is 0 Å². The number of hydrogen-bond donors (Lipinski definition) is 1. The van der Waals surface area contributed by atoms with E-state index in [1.165, 1.54) is 16.9 Å². The maximum atomic E-state index is 12.0. The van der Waals surface area contributed by atoms with Crippen molar-refractivity contribution in [2.75, 3.05) is 13.1 Å². The van der Waals surface area contributed by atoms with Crippen LogP contribution in [0.5, 0.6) is 0 Å². The lowest BCUT2D eigenvalue weighted by molar-refractivity contribution is 0.0941. The number of rotatable bonds is 4. The van der Waals surface area contributed by atoms with Crippen LogP contribution in [-0.2, 0) is 6.54 Å². The number of aromatic nitrogens is 1. The van der Waals surface area contributed by atoms with Crippen molar-refractivity contribution in [2.45, 2.75) is 32.9 Å². The standard InChI is InChI=1S/C15H19N3O2S/c1-10-13(11(2)20-17-10)9-18-6-5-12(8-18)16-15(19)14-4-3-7-21-14/h3-4,7,12H,5-6,8-9H2,1-2H3,(H,16,19). The molecule has 1 unspecified atom stereocenters. The highest BCUT2D eigenvalue weighted by Gasteiger charge is 2.25. The number of likely N-dealkylation sites (tertiary alicyclic amines) is 1. The Bertz CT molecular complexity index is 601. The van der Waals surface area contributed by atoms with Crippen molar-refractivity contribution in [2.24, 2.45) is 0 Å². The predicted molar refractivity (Wildman–Crippen MR) is 81.4 cm³/mol. The van der Waals surface area contributed by atoms with Crippen molar-refractivity contribution in [3.63, 3.8) is 0 Å². The van der Waals surface area contributed by atoms with E-state index in [-0.39, 0.29) is 11.9 Å². The molecule has 0 aromatic carbocycles. The number of nitrogens with zero attached hydrogens (tertiary/aromatic N) is 2. The highest BCUT2D eigenvalue weighted by atomic mass is 32.1. The Morgan fingerprint density at radius 1 is 1.57 bits per heavy atom. The average molecular weight is 305 g/mol. The van der Waals surface area contributed by atoms with Crippen molar-refractivity contribution < 1.29 is 9.32 Å². The molecule has 1 N–H and O–H groups in total. The molecule has 0 spiro atoms. The second kappa shape index (κ2) is 5.99. The van der Waals surface area contributed by atoms with Crippen LogP contribution in [0.2, 0.25) is 0 Å². The largest absolute Gasteiger partial charge is 0.361 e. The summed E-state index contributed by atoms with van der Waals surface area (Å²) in [5.74, 6) is 0.924. The van der Waals surface area contributed by atoms with E-state index in [9.17, 15) is 4.79 Å². The zero-order chi connectivity index (χ0) is 14.8. The van der Waals surface area contributed by atoms with Crippen molar-refractivity contribution in [3.05, 3.63) is 39.4 Å². The molecule has 3 rings (SSSR count). The van der Waals surface area contributed by atoms with Crippen LogP contribution in [0, 0.1) is 13.8 Å². The first-order valence-electron chi connectivity index (χ1n) is 7.12. The number of aryl methyl sites for hydroxylation is 2. The van der Waals surface area contributed by atoms with E-state index in [1.807, 2.05) is 31.4 Å². The Balaban J connectivity index is 1.55. The predicted octanol–water partition coefficient (Wildman–Crippen LogP) is 2.36. The number of amides is 1. The topological polar surface area (TPSA) is 58.4 Å². The molecule has 1 saturated heterocycles. The fourth-order valence-electron chi connectivity index (χ4n) is 2.71. The van der Waals surface area contributed by atoms with Crippen LogP contribution < -0.4 is 5.32 Å². The number of carbonyl (C=O) groups excluding carboxylic acids is 1. The minimum absolute atomic E-state index is 0.0363. The van der Waals surface area contributed by atoms with Gasteiger partial charge in [0.05, 0.1) is 10.6 Å². The first-order valence-corrected chi connectivity index (χ1v) is 8.00. The zero-order valence-corrected chi connectivity index (χ0v) is 13.1. The summed E-state index contributed by atoms with van der Waals surface area (Å²) >= 11 is 1.48. The van der Waals surface area contributed by atoms with Gasteiger partial charge in [0, 0.05) is 31.2 Å². The molecule has 2 aromatic heterocycles. The molecule has 0 aliphatic carbocycles. The van der Waals surface area contributed by atoms with Crippen LogP contribution in [0.4, 0.5) is 0 Å². The van der Waals surface area contributed by atoms with Gasteiger partial charge in [0.1, 0.15) is 5.76 Å². The van der Waals surface area contributed by atoms with Gasteiger partial charge in [-0.05, 0) is 31.7 Å². The van der Waals surface area contributed by atoms with E-state index in [2.05, 4.69) is 15.4 Å². The number of hydrogen-bond acceptors (Lipinski definition) is 5. The average Bonchev–Trinajstić information content (AvgIpc) is 3.17. The summed E-state index contributed by atoms with van der Waals surface area (Å²) in [6.45, 7) is 6.62. The third kappa shape index (κ3) is 3.16. The lowest BCUT2D eigenvalue weighted by Crippen LogP contribution is -2.36. The lowest BCUT2D eigenvalue weighted by atomic mass is 10.2. The van der Waals surface area contributed by atoms with Crippen LogP contribution in [0.1, 0.15) is 33.1 Å². The Kier molecular flexibility index (Phi) is 4.07. The molecule has 1 atom stereocenters. The zero-order valence-electron chi connectivity index (χ0n) is 12.3. The second-order valence-electron chi connectivity index (χ2n) is 5.47. The van der Waals surface area contributed by atoms with Gasteiger partial charge in [-0.3, -0.25) is 9.69 Å². The molecule has 0 saturated carbocycles. The van der Waals surface area contributed by atoms with Crippen molar-refractivity contribution in [3.8, 4) is 0 Å². The fourth-order valence-corrected chi connectivity index (χ4v) is 3.34. The van der Waals surface area contributed by atoms with Gasteiger partial charge in [-0.1, -0.05) is 11.2 Å². The SMILES string of the molecule is Cc1noc(C)c1CN1CCC(NC(=O)c2cccs2)C1. The van der Waals surface area contributed by atoms with Gasteiger partial charge >= 0.3 is 0 Å². The number of carbonyl (C=O) groups is 1. The van der Waals surface area contributed by atoms with E-state index >= 15 is 0 Å². The molecule has 2 aromatic rings. The molecule has 5 nitrogen and oxygen atoms in total. The molecular weight excluding hydrogens is 286 g/mol. The first-order chi connectivity index (χ1) is 10.1. The van der Waals surface area contributed by atoms with Crippen LogP contribution in [-0.4, -0.2) is 35.1 Å². The summed E-state index contributed by atoms with van der Waals surface area (Å²) in [5.41, 5.74) is 2.12. The molecule has 1 aliphatic rings. The monoisotopic (exact) mass is 305 g/mol. The molecule has 1 aliphatic heterocycles. The van der Waals surface area contributed by atoms with E-state index in [4.69, 9.17) is 4.52 Å². The summed E-state index contributed by atoms with van der Waals surface area (Å²) in [6, 6.07) is 3.98. The van der Waals surface area contributed by atoms with Gasteiger partial charge in [0.15, 0.2) is 0 Å². The summed E-state index contributed by atoms with van der Waals surface area (Å²) in [6.07, 6.45) is 0.987. The molecule has 112 valence electrons. The van der Waals surface area contributed by atoms with Gasteiger partial charge in [0.25, 0.3) is 5.91 Å². The summed E-state index contributed by atoms with van der Waals surface area (Å²) in [4.78, 5) is 15.2. The minimum Gasteiger partial charge on any atom is -0.361 e. The van der Waals surface area contributed by atoms with E-state index in [0.29, 0.717) is 0 Å². The summed E-state index contributed by atoms with van der Waals surface area (Å²) in [5, 5.41) is 9.02. The first kappa shape index (κ1) is 14.3. The maximum absolute atomic E-state index is 12.0. The van der Waals surface area contributed by atoms with E-state index < -0.39 is 0 Å². The van der Waals surface area contributed by atoms with Crippen molar-refractivity contribution in [1.29, 1.82) is 0 Å². The number of nitrogens with one attached hydrogen (secondary N) is 1. The highest BCUT2D eigenvalue weighted by Crippen LogP contribution is 2.19. The third-order valence-electron chi connectivity index (χ3n) is 3.92. The normalized spacial score (nSPS) is 19.0. The second-order valence-corrected chi connectivity index (χ2v) is 6.42. The summed E-state index contributed by atoms with van der Waals surface area (Å²) in [7, 11) is 0. The van der Waals surface area contributed by atoms with Crippen LogP contribution >= 0.6 is 11.3 Å². The molecule has 0 bridgehead atoms. The third-order valence-corrected chi connectivity index (χ3v) is 4.78. The van der Waals surface area contributed by atoms with Crippen LogP contribution in [0.3, 0.4) is 0 Å². The Morgan fingerprint density at radius 3 is 3.10 bits per heavy atom. The van der Waals surface area contributed by atoms with Crippen molar-refractivity contribution in [1.82, 2.24) is 15.4 Å². The molecule has 1 amide bonds. The molecular formula is C15H19N3O2S. The van der Waals surface area contributed by atoms with E-state index in [1.54, 1.807) is 0 Å². The smallest absolute Gasteiger partial charge is 0.261 e. The molecule has 0 radical (unpaired) electrons. The Labute approximate surface area is 127 Å². The van der Waals surface area contributed by atoms with Crippen molar-refractivity contribution >= 4 is 17.2 Å². The maximum Gasteiger partial charge on any atom is 0.261 e. The Morgan fingerprint density at radius 2 is 2.43 bits per heavy atom. The van der Waals surface area contributed by atoms with Gasteiger partial charge in [-0.15, -0.1) is 11.3 Å². The highest BCUT2D eigenvalue weighted by molar-refractivity contribution is 7.12. The van der Waals surface area contributed by atoms with Gasteiger partial charge < -0.3 is 9.84 Å². The molecule has 21 heavy (non-hydrogen) atoms. The van der Waals surface area contributed by atoms with Gasteiger partial charge in [-0.2, -0.15) is 0 Å². The molecule has 1 fully saturated rings. The minimum atomic E-state index is 0.0363. The van der Waals surface area contributed by atoms with Crippen LogP contribution in [0.15, 0.2) is 22.0 Å². The quantitative estimate of drug-likeness (QED) is 0.942. The molecule has 3 heterocycles. The van der Waals surface area contributed by atoms with Gasteiger partial charge in [-0.25, -0.2) is 0 Å². The summed E-state index contributed by atoms with van der Waals surface area (Å²) < 4.78 is 5.20.